The lowest BCUT2D eigenvalue weighted by atomic mass is 10.2. The van der Waals surface area contributed by atoms with Crippen LogP contribution in [0.1, 0.15) is 28.5 Å². The largest absolute Gasteiger partial charge is 0.354 e. The predicted molar refractivity (Wildman–Crippen MR) is 140 cm³/mol. The van der Waals surface area contributed by atoms with Crippen LogP contribution in [-0.2, 0) is 38.2 Å². The van der Waals surface area contributed by atoms with Gasteiger partial charge in [-0.3, -0.25) is 19.1 Å². The molecule has 3 aromatic rings. The number of carbonyl (C=O) groups excluding carboxylic acids is 2. The Bertz CT molecular complexity index is 1480. The minimum Gasteiger partial charge on any atom is -0.354 e. The van der Waals surface area contributed by atoms with Crippen LogP contribution in [0.5, 0.6) is 0 Å². The Morgan fingerprint density at radius 2 is 1.78 bits per heavy atom. The third-order valence-corrected chi connectivity index (χ3v) is 6.65. The number of nitrogens with two attached hydrogens (primary N) is 1. The molecule has 0 saturated heterocycles. The molecule has 13 heteroatoms. The number of hydrogen-bond donors (Lipinski definition) is 3. The monoisotopic (exact) mass is 527 g/mol. The van der Waals surface area contributed by atoms with Gasteiger partial charge in [0.2, 0.25) is 15.9 Å². The van der Waals surface area contributed by atoms with Gasteiger partial charge in [0.1, 0.15) is 11.5 Å². The van der Waals surface area contributed by atoms with Gasteiger partial charge < -0.3 is 11.1 Å². The van der Waals surface area contributed by atoms with E-state index in [4.69, 9.17) is 5.73 Å². The SMILES string of the molecule is C=NC(=O)Cc1c(C)nc(CC(=O)NCCN)n1-n1c(C)ccc(NS(=O)(=O)Cc2ccccc2)c1=O. The summed E-state index contributed by atoms with van der Waals surface area (Å²) in [5.41, 5.74) is 6.22. The number of anilines is 1. The van der Waals surface area contributed by atoms with Gasteiger partial charge in [0.25, 0.3) is 11.5 Å². The second kappa shape index (κ2) is 11.8. The summed E-state index contributed by atoms with van der Waals surface area (Å²) in [6, 6.07) is 11.5. The van der Waals surface area contributed by atoms with E-state index in [0.29, 0.717) is 22.6 Å². The number of carbonyl (C=O) groups is 2. The second-order valence-corrected chi connectivity index (χ2v) is 9.99. The van der Waals surface area contributed by atoms with Gasteiger partial charge in [-0.15, -0.1) is 0 Å². The quantitative estimate of drug-likeness (QED) is 0.301. The Hall–Kier alpha value is -4.10. The van der Waals surface area contributed by atoms with Gasteiger partial charge in [0.05, 0.1) is 30.0 Å². The van der Waals surface area contributed by atoms with Crippen molar-refractivity contribution in [3.8, 4) is 0 Å². The summed E-state index contributed by atoms with van der Waals surface area (Å²) in [7, 11) is -3.93. The summed E-state index contributed by atoms with van der Waals surface area (Å²) in [5.74, 6) is -1.10. The van der Waals surface area contributed by atoms with Crippen molar-refractivity contribution in [2.75, 3.05) is 17.8 Å². The molecule has 37 heavy (non-hydrogen) atoms. The number of amides is 2. The van der Waals surface area contributed by atoms with Crippen molar-refractivity contribution < 1.29 is 18.0 Å². The average molecular weight is 528 g/mol. The standard InChI is InChI=1S/C24H29N7O5S/c1-16-9-10-19(29-37(35,36)15-18-7-5-4-6-8-18)24(34)30(16)31-20(13-22(32)26-3)17(2)28-21(31)14-23(33)27-12-11-25/h4-10,29H,3,11-15,25H2,1-2H3,(H,27,33). The zero-order chi connectivity index (χ0) is 27.2. The average Bonchev–Trinajstić information content (AvgIpc) is 3.13. The van der Waals surface area contributed by atoms with Gasteiger partial charge in [-0.1, -0.05) is 30.3 Å². The van der Waals surface area contributed by atoms with Gasteiger partial charge in [-0.2, -0.15) is 0 Å². The summed E-state index contributed by atoms with van der Waals surface area (Å²) in [6.45, 7) is 7.02. The zero-order valence-electron chi connectivity index (χ0n) is 20.6. The van der Waals surface area contributed by atoms with E-state index in [9.17, 15) is 22.8 Å². The van der Waals surface area contributed by atoms with E-state index in [2.05, 4.69) is 26.7 Å². The van der Waals surface area contributed by atoms with Crippen LogP contribution in [0, 0.1) is 13.8 Å². The molecule has 2 amide bonds. The molecule has 0 spiro atoms. The van der Waals surface area contributed by atoms with Crippen LogP contribution in [0.25, 0.3) is 0 Å². The molecule has 0 unspecified atom stereocenters. The molecule has 0 aliphatic heterocycles. The molecule has 4 N–H and O–H groups in total. The number of aromatic nitrogens is 3. The number of aryl methyl sites for hydroxylation is 2. The van der Waals surface area contributed by atoms with Crippen molar-refractivity contribution in [2.45, 2.75) is 32.4 Å². The van der Waals surface area contributed by atoms with E-state index < -0.39 is 21.5 Å². The van der Waals surface area contributed by atoms with Gasteiger partial charge in [0, 0.05) is 18.8 Å². The Morgan fingerprint density at radius 3 is 2.43 bits per heavy atom. The number of aliphatic imine (C=N–C) groups is 1. The van der Waals surface area contributed by atoms with Crippen molar-refractivity contribution in [3.05, 3.63) is 81.3 Å². The molecule has 2 heterocycles. The molecule has 1 aromatic carbocycles. The normalized spacial score (nSPS) is 11.2. The Morgan fingerprint density at radius 1 is 1.08 bits per heavy atom. The van der Waals surface area contributed by atoms with Crippen molar-refractivity contribution in [2.24, 2.45) is 10.7 Å². The number of pyridine rings is 1. The molecular formula is C24H29N7O5S. The van der Waals surface area contributed by atoms with Gasteiger partial charge >= 0.3 is 0 Å². The third kappa shape index (κ3) is 6.77. The number of nitrogens with one attached hydrogen (secondary N) is 2. The molecule has 3 rings (SSSR count). The maximum Gasteiger partial charge on any atom is 0.294 e. The van der Waals surface area contributed by atoms with Crippen LogP contribution in [0.2, 0.25) is 0 Å². The highest BCUT2D eigenvalue weighted by Gasteiger charge is 2.23. The Balaban J connectivity index is 2.11. The highest BCUT2D eigenvalue weighted by Crippen LogP contribution is 2.17. The molecule has 2 aromatic heterocycles. The van der Waals surface area contributed by atoms with Gasteiger partial charge in [-0.25, -0.2) is 27.7 Å². The fraction of sp³-hybridized carbons (Fsp3) is 0.292. The number of imidazole rings is 1. The molecule has 0 radical (unpaired) electrons. The minimum absolute atomic E-state index is 0.174. The molecule has 0 aliphatic rings. The number of nitrogens with zero attached hydrogens (tertiary/aromatic N) is 4. The fourth-order valence-corrected chi connectivity index (χ4v) is 4.92. The maximum atomic E-state index is 13.6. The van der Waals surface area contributed by atoms with Crippen molar-refractivity contribution in [3.63, 3.8) is 0 Å². The molecule has 0 fully saturated rings. The summed E-state index contributed by atoms with van der Waals surface area (Å²) >= 11 is 0. The maximum absolute atomic E-state index is 13.6. The summed E-state index contributed by atoms with van der Waals surface area (Å²) in [6.07, 6.45) is -0.449. The van der Waals surface area contributed by atoms with Crippen LogP contribution >= 0.6 is 0 Å². The van der Waals surface area contributed by atoms with Gasteiger partial charge in [0.15, 0.2) is 0 Å². The van der Waals surface area contributed by atoms with Crippen LogP contribution in [0.3, 0.4) is 0 Å². The van der Waals surface area contributed by atoms with Crippen LogP contribution in [0.4, 0.5) is 5.69 Å². The molecule has 0 aliphatic carbocycles. The van der Waals surface area contributed by atoms with Crippen molar-refractivity contribution in [1.82, 2.24) is 19.7 Å². The first-order valence-electron chi connectivity index (χ1n) is 11.4. The lowest BCUT2D eigenvalue weighted by Gasteiger charge is -2.18. The lowest BCUT2D eigenvalue weighted by molar-refractivity contribution is -0.120. The first-order chi connectivity index (χ1) is 17.6. The predicted octanol–water partition coefficient (Wildman–Crippen LogP) is 0.302. The summed E-state index contributed by atoms with van der Waals surface area (Å²) < 4.78 is 30.5. The molecule has 196 valence electrons. The molecule has 0 atom stereocenters. The van der Waals surface area contributed by atoms with Gasteiger partial charge in [-0.05, 0) is 38.3 Å². The number of benzene rings is 1. The van der Waals surface area contributed by atoms with Crippen LogP contribution < -0.4 is 21.3 Å². The second-order valence-electron chi connectivity index (χ2n) is 8.27. The smallest absolute Gasteiger partial charge is 0.294 e. The van der Waals surface area contributed by atoms with E-state index in [1.807, 2.05) is 0 Å². The topological polar surface area (TPSA) is 171 Å². The van der Waals surface area contributed by atoms with E-state index in [1.165, 1.54) is 15.4 Å². The number of rotatable bonds is 11. The van der Waals surface area contributed by atoms with Crippen molar-refractivity contribution >= 4 is 34.2 Å². The van der Waals surface area contributed by atoms with E-state index in [1.54, 1.807) is 50.2 Å². The lowest BCUT2D eigenvalue weighted by Crippen LogP contribution is -2.36. The highest BCUT2D eigenvalue weighted by atomic mass is 32.2. The number of sulfonamides is 1. The molecule has 12 nitrogen and oxygen atoms in total. The number of hydrogen-bond acceptors (Lipinski definition) is 7. The molecule has 0 saturated carbocycles. The first kappa shape index (κ1) is 27.5. The van der Waals surface area contributed by atoms with Crippen LogP contribution in [0.15, 0.2) is 52.3 Å². The third-order valence-electron chi connectivity index (χ3n) is 5.41. The minimum atomic E-state index is -3.93. The molecule has 0 bridgehead atoms. The first-order valence-corrected chi connectivity index (χ1v) is 13.0. The Kier molecular flexibility index (Phi) is 8.73. The van der Waals surface area contributed by atoms with E-state index in [0.717, 1.165) is 0 Å². The summed E-state index contributed by atoms with van der Waals surface area (Å²) in [4.78, 5) is 46.0. The fourth-order valence-electron chi connectivity index (χ4n) is 3.73. The summed E-state index contributed by atoms with van der Waals surface area (Å²) in [5, 5.41) is 2.64. The Labute approximate surface area is 214 Å². The van der Waals surface area contributed by atoms with E-state index >= 15 is 0 Å². The van der Waals surface area contributed by atoms with Crippen LogP contribution in [-0.4, -0.2) is 54.4 Å². The van der Waals surface area contributed by atoms with E-state index in [-0.39, 0.29) is 49.1 Å². The highest BCUT2D eigenvalue weighted by molar-refractivity contribution is 7.91. The zero-order valence-corrected chi connectivity index (χ0v) is 21.4. The van der Waals surface area contributed by atoms with Crippen molar-refractivity contribution in [1.29, 1.82) is 0 Å². The molecular weight excluding hydrogens is 498 g/mol.